The third-order valence-electron chi connectivity index (χ3n) is 2.80. The number of carbonyl (C=O) groups excluding carboxylic acids is 1. The van der Waals surface area contributed by atoms with Crippen molar-refractivity contribution < 1.29 is 4.79 Å². The molecule has 1 saturated carbocycles. The summed E-state index contributed by atoms with van der Waals surface area (Å²) >= 11 is 5.84. The van der Waals surface area contributed by atoms with Crippen LogP contribution in [0, 0.1) is 17.2 Å². The van der Waals surface area contributed by atoms with Gasteiger partial charge < -0.3 is 5.32 Å². The van der Waals surface area contributed by atoms with Gasteiger partial charge in [0.05, 0.1) is 12.5 Å². The van der Waals surface area contributed by atoms with Crippen LogP contribution in [0.5, 0.6) is 0 Å². The van der Waals surface area contributed by atoms with Gasteiger partial charge in [-0.2, -0.15) is 5.26 Å². The third kappa shape index (κ3) is 3.47. The van der Waals surface area contributed by atoms with Gasteiger partial charge in [-0.05, 0) is 36.5 Å². The van der Waals surface area contributed by atoms with Crippen molar-refractivity contribution in [2.45, 2.75) is 25.3 Å². The number of nitrogens with one attached hydrogen (secondary N) is 1. The van der Waals surface area contributed by atoms with E-state index in [4.69, 9.17) is 16.9 Å². The zero-order valence-electron chi connectivity index (χ0n) is 9.32. The van der Waals surface area contributed by atoms with E-state index in [1.54, 1.807) is 12.1 Å². The van der Waals surface area contributed by atoms with E-state index in [1.807, 2.05) is 12.1 Å². The molecule has 0 heterocycles. The van der Waals surface area contributed by atoms with Crippen molar-refractivity contribution in [3.05, 3.63) is 34.9 Å². The van der Waals surface area contributed by atoms with Crippen LogP contribution in [0.1, 0.15) is 18.4 Å². The maximum absolute atomic E-state index is 11.7. The first-order valence-electron chi connectivity index (χ1n) is 5.62. The van der Waals surface area contributed by atoms with Gasteiger partial charge in [-0.3, -0.25) is 4.79 Å². The highest BCUT2D eigenvalue weighted by molar-refractivity contribution is 6.30. The van der Waals surface area contributed by atoms with Crippen LogP contribution < -0.4 is 5.32 Å². The predicted octanol–water partition coefficient (Wildman–Crippen LogP) is 2.30. The molecule has 1 aliphatic carbocycles. The Labute approximate surface area is 105 Å². The number of amides is 1. The molecule has 1 atom stereocenters. The Bertz CT molecular complexity index is 463. The molecule has 1 aromatic rings. The summed E-state index contributed by atoms with van der Waals surface area (Å²) in [6.07, 6.45) is 2.34. The number of benzene rings is 1. The lowest BCUT2D eigenvalue weighted by Gasteiger charge is -2.10. The summed E-state index contributed by atoms with van der Waals surface area (Å²) in [6, 6.07) is 9.00. The van der Waals surface area contributed by atoms with E-state index in [2.05, 4.69) is 11.4 Å². The molecule has 1 aromatic carbocycles. The Kier molecular flexibility index (Phi) is 3.65. The second-order valence-corrected chi connectivity index (χ2v) is 4.75. The molecule has 1 N–H and O–H groups in total. The van der Waals surface area contributed by atoms with Crippen LogP contribution in [0.2, 0.25) is 5.02 Å². The van der Waals surface area contributed by atoms with E-state index < -0.39 is 0 Å². The minimum absolute atomic E-state index is 0.120. The number of halogens is 1. The van der Waals surface area contributed by atoms with Gasteiger partial charge in [0.15, 0.2) is 0 Å². The van der Waals surface area contributed by atoms with Crippen molar-refractivity contribution in [3.8, 4) is 6.07 Å². The first kappa shape index (κ1) is 11.9. The molecule has 0 saturated heterocycles. The fraction of sp³-hybridized carbons (Fsp3) is 0.385. The van der Waals surface area contributed by atoms with Crippen molar-refractivity contribution in [2.75, 3.05) is 0 Å². The van der Waals surface area contributed by atoms with E-state index in [9.17, 15) is 4.79 Å². The van der Waals surface area contributed by atoms with Gasteiger partial charge in [0, 0.05) is 5.02 Å². The average Bonchev–Trinajstić information content (AvgIpc) is 3.09. The molecule has 17 heavy (non-hydrogen) atoms. The van der Waals surface area contributed by atoms with Gasteiger partial charge in [0.25, 0.3) is 0 Å². The Hall–Kier alpha value is -1.53. The Morgan fingerprint density at radius 1 is 1.59 bits per heavy atom. The summed E-state index contributed by atoms with van der Waals surface area (Å²) in [4.78, 5) is 11.7. The molecule has 1 unspecified atom stereocenters. The van der Waals surface area contributed by atoms with Gasteiger partial charge in [-0.25, -0.2) is 0 Å². The number of carbonyl (C=O) groups is 1. The molecule has 3 nitrogen and oxygen atoms in total. The fourth-order valence-corrected chi connectivity index (χ4v) is 1.95. The standard InChI is InChI=1S/C13H13ClN2O/c14-11-3-1-2-9(6-11)7-13(17)16-12(8-15)10-4-5-10/h1-3,6,10,12H,4-5,7H2,(H,16,17). The van der Waals surface area contributed by atoms with Crippen LogP contribution in [-0.4, -0.2) is 11.9 Å². The molecular formula is C13H13ClN2O. The van der Waals surface area contributed by atoms with Crippen molar-refractivity contribution in [2.24, 2.45) is 5.92 Å². The van der Waals surface area contributed by atoms with Crippen LogP contribution in [-0.2, 0) is 11.2 Å². The zero-order chi connectivity index (χ0) is 12.3. The Morgan fingerprint density at radius 3 is 2.94 bits per heavy atom. The highest BCUT2D eigenvalue weighted by Gasteiger charge is 2.32. The highest BCUT2D eigenvalue weighted by Crippen LogP contribution is 2.32. The molecule has 1 fully saturated rings. The van der Waals surface area contributed by atoms with Crippen LogP contribution in [0.4, 0.5) is 0 Å². The minimum atomic E-state index is -0.332. The average molecular weight is 249 g/mol. The van der Waals surface area contributed by atoms with Gasteiger partial charge >= 0.3 is 0 Å². The monoisotopic (exact) mass is 248 g/mol. The van der Waals surface area contributed by atoms with Crippen molar-refractivity contribution in [1.29, 1.82) is 5.26 Å². The van der Waals surface area contributed by atoms with Crippen molar-refractivity contribution in [3.63, 3.8) is 0 Å². The third-order valence-corrected chi connectivity index (χ3v) is 3.04. The number of nitrogens with zero attached hydrogens (tertiary/aromatic N) is 1. The second-order valence-electron chi connectivity index (χ2n) is 4.32. The first-order chi connectivity index (χ1) is 8.19. The lowest BCUT2D eigenvalue weighted by Crippen LogP contribution is -2.36. The quantitative estimate of drug-likeness (QED) is 0.889. The Morgan fingerprint density at radius 2 is 2.35 bits per heavy atom. The molecule has 88 valence electrons. The van der Waals surface area contributed by atoms with Crippen molar-refractivity contribution >= 4 is 17.5 Å². The summed E-state index contributed by atoms with van der Waals surface area (Å²) in [5, 5.41) is 12.3. The molecule has 0 aliphatic heterocycles. The molecule has 0 spiro atoms. The molecule has 0 aromatic heterocycles. The van der Waals surface area contributed by atoms with E-state index >= 15 is 0 Å². The predicted molar refractivity (Wildman–Crippen MR) is 65.4 cm³/mol. The van der Waals surface area contributed by atoms with E-state index in [-0.39, 0.29) is 18.4 Å². The van der Waals surface area contributed by atoms with Gasteiger partial charge in [-0.15, -0.1) is 0 Å². The smallest absolute Gasteiger partial charge is 0.225 e. The van der Waals surface area contributed by atoms with Crippen LogP contribution >= 0.6 is 11.6 Å². The zero-order valence-corrected chi connectivity index (χ0v) is 10.1. The van der Waals surface area contributed by atoms with Gasteiger partial charge in [0.2, 0.25) is 5.91 Å². The van der Waals surface area contributed by atoms with Crippen LogP contribution in [0.15, 0.2) is 24.3 Å². The number of rotatable bonds is 4. The first-order valence-corrected chi connectivity index (χ1v) is 6.00. The lowest BCUT2D eigenvalue weighted by molar-refractivity contribution is -0.120. The molecule has 1 amide bonds. The normalized spacial score (nSPS) is 16.0. The maximum Gasteiger partial charge on any atom is 0.225 e. The van der Waals surface area contributed by atoms with Crippen LogP contribution in [0.3, 0.4) is 0 Å². The number of hydrogen-bond acceptors (Lipinski definition) is 2. The minimum Gasteiger partial charge on any atom is -0.340 e. The number of nitriles is 1. The molecule has 4 heteroatoms. The van der Waals surface area contributed by atoms with Gasteiger partial charge in [0.1, 0.15) is 6.04 Å². The lowest BCUT2D eigenvalue weighted by atomic mass is 10.1. The van der Waals surface area contributed by atoms with E-state index in [1.165, 1.54) is 0 Å². The second kappa shape index (κ2) is 5.20. The van der Waals surface area contributed by atoms with E-state index in [0.717, 1.165) is 18.4 Å². The van der Waals surface area contributed by atoms with Crippen LogP contribution in [0.25, 0.3) is 0 Å². The topological polar surface area (TPSA) is 52.9 Å². The summed E-state index contributed by atoms with van der Waals surface area (Å²) in [5.41, 5.74) is 0.863. The summed E-state index contributed by atoms with van der Waals surface area (Å²) in [6.45, 7) is 0. The van der Waals surface area contributed by atoms with E-state index in [0.29, 0.717) is 10.9 Å². The molecule has 0 radical (unpaired) electrons. The molecule has 0 bridgehead atoms. The molecular weight excluding hydrogens is 236 g/mol. The highest BCUT2D eigenvalue weighted by atomic mass is 35.5. The van der Waals surface area contributed by atoms with Crippen molar-refractivity contribution in [1.82, 2.24) is 5.32 Å². The summed E-state index contributed by atoms with van der Waals surface area (Å²) < 4.78 is 0. The largest absolute Gasteiger partial charge is 0.340 e. The summed E-state index contributed by atoms with van der Waals surface area (Å²) in [5.74, 6) is 0.231. The summed E-state index contributed by atoms with van der Waals surface area (Å²) in [7, 11) is 0. The number of hydrogen-bond donors (Lipinski definition) is 1. The fourth-order valence-electron chi connectivity index (χ4n) is 1.74. The molecule has 2 rings (SSSR count). The maximum atomic E-state index is 11.7. The molecule has 1 aliphatic rings. The SMILES string of the molecule is N#CC(NC(=O)Cc1cccc(Cl)c1)C1CC1. The van der Waals surface area contributed by atoms with Gasteiger partial charge in [-0.1, -0.05) is 23.7 Å². The Balaban J connectivity index is 1.90.